The summed E-state index contributed by atoms with van der Waals surface area (Å²) in [5, 5.41) is 13.8. The van der Waals surface area contributed by atoms with Crippen molar-refractivity contribution in [1.82, 2.24) is 5.32 Å². The molecule has 0 aliphatic heterocycles. The van der Waals surface area contributed by atoms with Gasteiger partial charge in [0.1, 0.15) is 5.75 Å². The maximum Gasteiger partial charge on any atom is 0.120 e. The lowest BCUT2D eigenvalue weighted by atomic mass is 9.92. The highest BCUT2D eigenvalue weighted by Crippen LogP contribution is 2.36. The fourth-order valence-corrected chi connectivity index (χ4v) is 3.53. The van der Waals surface area contributed by atoms with Crippen LogP contribution >= 0.6 is 0 Å². The van der Waals surface area contributed by atoms with E-state index in [1.165, 1.54) is 19.3 Å². The summed E-state index contributed by atoms with van der Waals surface area (Å²) in [4.78, 5) is 0. The van der Waals surface area contributed by atoms with Crippen LogP contribution in [0.4, 0.5) is 0 Å². The lowest BCUT2D eigenvalue weighted by molar-refractivity contribution is 0.315. The Morgan fingerprint density at radius 3 is 2.58 bits per heavy atom. The molecule has 2 N–H and O–H groups in total. The van der Waals surface area contributed by atoms with Crippen LogP contribution in [0, 0.1) is 11.8 Å². The van der Waals surface area contributed by atoms with Gasteiger partial charge in [0, 0.05) is 17.6 Å². The van der Waals surface area contributed by atoms with E-state index in [2.05, 4.69) is 26.1 Å². The monoisotopic (exact) mass is 261 g/mol. The second kappa shape index (κ2) is 6.42. The van der Waals surface area contributed by atoms with Gasteiger partial charge in [-0.05, 0) is 37.2 Å². The summed E-state index contributed by atoms with van der Waals surface area (Å²) >= 11 is 0. The van der Waals surface area contributed by atoms with Crippen LogP contribution in [0.5, 0.6) is 5.75 Å². The van der Waals surface area contributed by atoms with Crippen molar-refractivity contribution in [3.63, 3.8) is 0 Å². The molecule has 1 fully saturated rings. The van der Waals surface area contributed by atoms with Crippen molar-refractivity contribution < 1.29 is 5.11 Å². The topological polar surface area (TPSA) is 32.3 Å². The zero-order valence-corrected chi connectivity index (χ0v) is 12.4. The molecule has 0 heterocycles. The number of phenolic OH excluding ortho intramolecular Hbond substituents is 1. The SMILES string of the molecule is CCC(NC1CCC(CC)C1C)c1ccccc1O. The van der Waals surface area contributed by atoms with Crippen LogP contribution in [0.1, 0.15) is 58.1 Å². The number of hydrogen-bond donors (Lipinski definition) is 2. The van der Waals surface area contributed by atoms with E-state index in [0.717, 1.165) is 23.8 Å². The van der Waals surface area contributed by atoms with E-state index < -0.39 is 0 Å². The Hall–Kier alpha value is -1.02. The molecule has 4 atom stereocenters. The van der Waals surface area contributed by atoms with Crippen molar-refractivity contribution in [2.45, 2.75) is 58.5 Å². The van der Waals surface area contributed by atoms with Crippen LogP contribution < -0.4 is 5.32 Å². The zero-order valence-electron chi connectivity index (χ0n) is 12.4. The Balaban J connectivity index is 2.06. The average Bonchev–Trinajstić information content (AvgIpc) is 2.77. The number of rotatable bonds is 5. The van der Waals surface area contributed by atoms with Crippen LogP contribution in [0.25, 0.3) is 0 Å². The van der Waals surface area contributed by atoms with Gasteiger partial charge in [0.25, 0.3) is 0 Å². The molecule has 1 aromatic carbocycles. The molecule has 0 spiro atoms. The molecule has 1 aliphatic carbocycles. The first kappa shape index (κ1) is 14.4. The Bertz CT molecular complexity index is 404. The molecule has 2 nitrogen and oxygen atoms in total. The van der Waals surface area contributed by atoms with Gasteiger partial charge in [-0.25, -0.2) is 0 Å². The molecule has 106 valence electrons. The van der Waals surface area contributed by atoms with Crippen LogP contribution in [0.15, 0.2) is 24.3 Å². The minimum Gasteiger partial charge on any atom is -0.508 e. The highest BCUT2D eigenvalue weighted by atomic mass is 16.3. The van der Waals surface area contributed by atoms with Gasteiger partial charge >= 0.3 is 0 Å². The molecule has 0 amide bonds. The molecular weight excluding hydrogens is 234 g/mol. The van der Waals surface area contributed by atoms with Crippen LogP contribution in [-0.4, -0.2) is 11.1 Å². The number of aromatic hydroxyl groups is 1. The highest BCUT2D eigenvalue weighted by Gasteiger charge is 2.32. The maximum atomic E-state index is 10.0. The predicted octanol–water partition coefficient (Wildman–Crippen LogP) is 4.26. The summed E-state index contributed by atoms with van der Waals surface area (Å²) in [5.41, 5.74) is 1.04. The molecule has 19 heavy (non-hydrogen) atoms. The summed E-state index contributed by atoms with van der Waals surface area (Å²) in [6.07, 6.45) is 4.90. The smallest absolute Gasteiger partial charge is 0.120 e. The summed E-state index contributed by atoms with van der Waals surface area (Å²) in [5.74, 6) is 2.02. The fourth-order valence-electron chi connectivity index (χ4n) is 3.53. The average molecular weight is 261 g/mol. The Morgan fingerprint density at radius 1 is 1.26 bits per heavy atom. The van der Waals surface area contributed by atoms with Gasteiger partial charge in [0.15, 0.2) is 0 Å². The molecule has 4 unspecified atom stereocenters. The van der Waals surface area contributed by atoms with E-state index in [9.17, 15) is 5.11 Å². The van der Waals surface area contributed by atoms with Crippen molar-refractivity contribution in [3.8, 4) is 5.75 Å². The normalized spacial score (nSPS) is 28.5. The lowest BCUT2D eigenvalue weighted by Crippen LogP contribution is -2.35. The standard InChI is InChI=1S/C17H27NO/c1-4-13-10-11-16(12(13)3)18-15(5-2)14-8-6-7-9-17(14)19/h6-9,12-13,15-16,18-19H,4-5,10-11H2,1-3H3. The Morgan fingerprint density at radius 2 is 2.00 bits per heavy atom. The summed E-state index contributed by atoms with van der Waals surface area (Å²) < 4.78 is 0. The quantitative estimate of drug-likeness (QED) is 0.830. The summed E-state index contributed by atoms with van der Waals surface area (Å²) in [6, 6.07) is 8.57. The number of para-hydroxylation sites is 1. The minimum atomic E-state index is 0.268. The Labute approximate surface area is 117 Å². The van der Waals surface area contributed by atoms with E-state index in [-0.39, 0.29) is 6.04 Å². The van der Waals surface area contributed by atoms with Gasteiger partial charge in [-0.1, -0.05) is 45.4 Å². The van der Waals surface area contributed by atoms with Gasteiger partial charge in [-0.15, -0.1) is 0 Å². The first-order valence-electron chi connectivity index (χ1n) is 7.71. The third-order valence-electron chi connectivity index (χ3n) is 4.89. The third kappa shape index (κ3) is 3.11. The van der Waals surface area contributed by atoms with Gasteiger partial charge in [0.2, 0.25) is 0 Å². The van der Waals surface area contributed by atoms with Crippen molar-refractivity contribution >= 4 is 0 Å². The first-order chi connectivity index (χ1) is 9.17. The molecule has 2 rings (SSSR count). The van der Waals surface area contributed by atoms with Crippen molar-refractivity contribution in [2.24, 2.45) is 11.8 Å². The third-order valence-corrected chi connectivity index (χ3v) is 4.89. The zero-order chi connectivity index (χ0) is 13.8. The van der Waals surface area contributed by atoms with E-state index in [1.54, 1.807) is 6.07 Å². The fraction of sp³-hybridized carbons (Fsp3) is 0.647. The number of benzene rings is 1. The first-order valence-corrected chi connectivity index (χ1v) is 7.71. The number of nitrogens with one attached hydrogen (secondary N) is 1. The van der Waals surface area contributed by atoms with Crippen LogP contribution in [0.2, 0.25) is 0 Å². The second-order valence-electron chi connectivity index (χ2n) is 5.90. The van der Waals surface area contributed by atoms with Crippen molar-refractivity contribution in [3.05, 3.63) is 29.8 Å². The second-order valence-corrected chi connectivity index (χ2v) is 5.90. The molecule has 0 bridgehead atoms. The van der Waals surface area contributed by atoms with E-state index in [4.69, 9.17) is 0 Å². The van der Waals surface area contributed by atoms with E-state index in [1.807, 2.05) is 18.2 Å². The van der Waals surface area contributed by atoms with E-state index in [0.29, 0.717) is 11.8 Å². The predicted molar refractivity (Wildman–Crippen MR) is 80.2 cm³/mol. The largest absolute Gasteiger partial charge is 0.508 e. The summed E-state index contributed by atoms with van der Waals surface area (Å²) in [7, 11) is 0. The molecule has 1 aromatic rings. The molecular formula is C17H27NO. The van der Waals surface area contributed by atoms with Gasteiger partial charge in [-0.3, -0.25) is 0 Å². The minimum absolute atomic E-state index is 0.268. The number of hydrogen-bond acceptors (Lipinski definition) is 2. The molecule has 0 aromatic heterocycles. The Kier molecular flexibility index (Phi) is 4.87. The molecule has 2 heteroatoms. The van der Waals surface area contributed by atoms with Crippen LogP contribution in [-0.2, 0) is 0 Å². The van der Waals surface area contributed by atoms with Gasteiger partial charge < -0.3 is 10.4 Å². The molecule has 1 saturated carbocycles. The summed E-state index contributed by atoms with van der Waals surface area (Å²) in [6.45, 7) is 6.85. The highest BCUT2D eigenvalue weighted by molar-refractivity contribution is 5.34. The number of phenols is 1. The molecule has 0 radical (unpaired) electrons. The van der Waals surface area contributed by atoms with Crippen LogP contribution in [0.3, 0.4) is 0 Å². The maximum absolute atomic E-state index is 10.0. The molecule has 0 saturated heterocycles. The molecule has 1 aliphatic rings. The lowest BCUT2D eigenvalue weighted by Gasteiger charge is -2.27. The van der Waals surface area contributed by atoms with E-state index >= 15 is 0 Å². The van der Waals surface area contributed by atoms with Gasteiger partial charge in [-0.2, -0.15) is 0 Å². The van der Waals surface area contributed by atoms with Crippen molar-refractivity contribution in [1.29, 1.82) is 0 Å². The van der Waals surface area contributed by atoms with Gasteiger partial charge in [0.05, 0.1) is 0 Å². The van der Waals surface area contributed by atoms with Crippen molar-refractivity contribution in [2.75, 3.05) is 0 Å².